The van der Waals surface area contributed by atoms with Gasteiger partial charge in [0.25, 0.3) is 5.91 Å². The summed E-state index contributed by atoms with van der Waals surface area (Å²) in [7, 11) is 4.68. The highest BCUT2D eigenvalue weighted by molar-refractivity contribution is 6.02. The predicted octanol–water partition coefficient (Wildman–Crippen LogP) is 2.41. The molecule has 0 aliphatic carbocycles. The van der Waals surface area contributed by atoms with E-state index < -0.39 is 0 Å². The van der Waals surface area contributed by atoms with Gasteiger partial charge in [0.1, 0.15) is 11.4 Å². The molecule has 9 heteroatoms. The van der Waals surface area contributed by atoms with E-state index >= 15 is 0 Å². The summed E-state index contributed by atoms with van der Waals surface area (Å²) < 4.78 is 16.3. The SMILES string of the molecule is CCN(CC)C(=O)N1CCN(C(=O)c2cc3c(OC)cc(OC)c(OC)c3[nH]2)CC1. The van der Waals surface area contributed by atoms with Crippen molar-refractivity contribution in [2.45, 2.75) is 13.8 Å². The van der Waals surface area contributed by atoms with Gasteiger partial charge in [0.05, 0.1) is 26.8 Å². The van der Waals surface area contributed by atoms with Crippen molar-refractivity contribution in [3.63, 3.8) is 0 Å². The molecule has 2 aromatic rings. The molecule has 3 rings (SSSR count). The zero-order valence-corrected chi connectivity index (χ0v) is 18.3. The van der Waals surface area contributed by atoms with E-state index in [1.807, 2.05) is 13.8 Å². The number of benzene rings is 1. The van der Waals surface area contributed by atoms with Crippen LogP contribution in [0.15, 0.2) is 12.1 Å². The van der Waals surface area contributed by atoms with Gasteiger partial charge in [-0.2, -0.15) is 0 Å². The summed E-state index contributed by atoms with van der Waals surface area (Å²) in [6, 6.07) is 3.53. The summed E-state index contributed by atoms with van der Waals surface area (Å²) >= 11 is 0. The number of carbonyl (C=O) groups excluding carboxylic acids is 2. The molecular weight excluding hydrogens is 388 g/mol. The fourth-order valence-electron chi connectivity index (χ4n) is 3.82. The van der Waals surface area contributed by atoms with E-state index in [2.05, 4.69) is 4.98 Å². The topological polar surface area (TPSA) is 87.3 Å². The molecule has 3 amide bonds. The normalized spacial score (nSPS) is 14.0. The number of urea groups is 1. The summed E-state index contributed by atoms with van der Waals surface area (Å²) in [6.45, 7) is 7.29. The van der Waals surface area contributed by atoms with E-state index in [1.165, 1.54) is 0 Å². The molecule has 1 aliphatic heterocycles. The number of carbonyl (C=O) groups is 2. The molecule has 9 nitrogen and oxygen atoms in total. The number of nitrogens with one attached hydrogen (secondary N) is 1. The van der Waals surface area contributed by atoms with E-state index in [0.29, 0.717) is 67.7 Å². The average molecular weight is 418 g/mol. The predicted molar refractivity (Wildman–Crippen MR) is 114 cm³/mol. The van der Waals surface area contributed by atoms with Gasteiger partial charge in [-0.05, 0) is 19.9 Å². The number of nitrogens with zero attached hydrogens (tertiary/aromatic N) is 3. The molecule has 1 aliphatic rings. The van der Waals surface area contributed by atoms with E-state index in [1.54, 1.807) is 48.2 Å². The van der Waals surface area contributed by atoms with Gasteiger partial charge >= 0.3 is 6.03 Å². The first-order valence-electron chi connectivity index (χ1n) is 10.1. The minimum Gasteiger partial charge on any atom is -0.496 e. The monoisotopic (exact) mass is 418 g/mol. The van der Waals surface area contributed by atoms with Crippen LogP contribution in [0.25, 0.3) is 10.9 Å². The molecule has 0 saturated carbocycles. The Kier molecular flexibility index (Phi) is 6.59. The second-order valence-corrected chi connectivity index (χ2v) is 7.02. The number of aromatic nitrogens is 1. The summed E-state index contributed by atoms with van der Waals surface area (Å²) in [5, 5.41) is 0.744. The van der Waals surface area contributed by atoms with Gasteiger partial charge in [-0.3, -0.25) is 4.79 Å². The second-order valence-electron chi connectivity index (χ2n) is 7.02. The van der Waals surface area contributed by atoms with Crippen molar-refractivity contribution < 1.29 is 23.8 Å². The van der Waals surface area contributed by atoms with Crippen LogP contribution < -0.4 is 14.2 Å². The maximum absolute atomic E-state index is 13.1. The molecule has 1 N–H and O–H groups in total. The second kappa shape index (κ2) is 9.15. The lowest BCUT2D eigenvalue weighted by atomic mass is 10.2. The highest BCUT2D eigenvalue weighted by Crippen LogP contribution is 2.41. The lowest BCUT2D eigenvalue weighted by Gasteiger charge is -2.37. The lowest BCUT2D eigenvalue weighted by molar-refractivity contribution is 0.0637. The summed E-state index contributed by atoms with van der Waals surface area (Å²) in [6.07, 6.45) is 0. The average Bonchev–Trinajstić information content (AvgIpc) is 3.23. The van der Waals surface area contributed by atoms with Gasteiger partial charge in [0.2, 0.25) is 0 Å². The largest absolute Gasteiger partial charge is 0.496 e. The Hall–Kier alpha value is -3.10. The number of methoxy groups -OCH3 is 3. The molecule has 0 atom stereocenters. The molecule has 164 valence electrons. The smallest absolute Gasteiger partial charge is 0.320 e. The van der Waals surface area contributed by atoms with Crippen molar-refractivity contribution in [2.24, 2.45) is 0 Å². The number of hydrogen-bond acceptors (Lipinski definition) is 5. The zero-order chi connectivity index (χ0) is 21.8. The first-order valence-corrected chi connectivity index (χ1v) is 10.1. The minimum atomic E-state index is -0.121. The number of hydrogen-bond donors (Lipinski definition) is 1. The fourth-order valence-corrected chi connectivity index (χ4v) is 3.82. The molecule has 0 radical (unpaired) electrons. The number of fused-ring (bicyclic) bond motifs is 1. The highest BCUT2D eigenvalue weighted by Gasteiger charge is 2.28. The molecule has 1 aromatic carbocycles. The van der Waals surface area contributed by atoms with Crippen LogP contribution in [-0.4, -0.2) is 92.2 Å². The van der Waals surface area contributed by atoms with Crippen molar-refractivity contribution in [1.29, 1.82) is 0 Å². The first kappa shape index (κ1) is 21.6. The first-order chi connectivity index (χ1) is 14.5. The molecule has 1 aromatic heterocycles. The maximum Gasteiger partial charge on any atom is 0.320 e. The van der Waals surface area contributed by atoms with Crippen LogP contribution in [0.2, 0.25) is 0 Å². The molecule has 0 bridgehead atoms. The lowest BCUT2D eigenvalue weighted by Crippen LogP contribution is -2.54. The Bertz CT molecular complexity index is 914. The third kappa shape index (κ3) is 3.83. The molecule has 1 saturated heterocycles. The van der Waals surface area contributed by atoms with Crippen LogP contribution in [0.1, 0.15) is 24.3 Å². The molecule has 0 unspecified atom stereocenters. The number of ether oxygens (including phenoxy) is 3. The molecular formula is C21H30N4O5. The number of aromatic amines is 1. The summed E-state index contributed by atoms with van der Waals surface area (Å²) in [5.41, 5.74) is 1.09. The van der Waals surface area contributed by atoms with Crippen molar-refractivity contribution in [3.8, 4) is 17.2 Å². The van der Waals surface area contributed by atoms with Crippen molar-refractivity contribution >= 4 is 22.8 Å². The van der Waals surface area contributed by atoms with Crippen molar-refractivity contribution in [1.82, 2.24) is 19.7 Å². The summed E-state index contributed by atoms with van der Waals surface area (Å²) in [5.74, 6) is 1.50. The van der Waals surface area contributed by atoms with E-state index in [4.69, 9.17) is 14.2 Å². The Balaban J connectivity index is 1.80. The third-order valence-electron chi connectivity index (χ3n) is 5.54. The fraction of sp³-hybridized carbons (Fsp3) is 0.524. The van der Waals surface area contributed by atoms with Crippen LogP contribution in [0.5, 0.6) is 17.2 Å². The van der Waals surface area contributed by atoms with Gasteiger partial charge in [0.15, 0.2) is 11.5 Å². The summed E-state index contributed by atoms with van der Waals surface area (Å²) in [4.78, 5) is 34.2. The van der Waals surface area contributed by atoms with E-state index in [-0.39, 0.29) is 11.9 Å². The minimum absolute atomic E-state index is 0.0271. The van der Waals surface area contributed by atoms with Gasteiger partial charge in [0, 0.05) is 50.7 Å². The molecule has 1 fully saturated rings. The number of amides is 3. The van der Waals surface area contributed by atoms with Crippen LogP contribution in [0.4, 0.5) is 4.79 Å². The van der Waals surface area contributed by atoms with Gasteiger partial charge in [-0.1, -0.05) is 0 Å². The Morgan fingerprint density at radius 2 is 1.53 bits per heavy atom. The molecule has 0 spiro atoms. The Morgan fingerprint density at radius 3 is 2.07 bits per heavy atom. The third-order valence-corrected chi connectivity index (χ3v) is 5.54. The Morgan fingerprint density at radius 1 is 0.933 bits per heavy atom. The standard InChI is InChI=1S/C21H30N4O5/c1-6-23(7-2)21(27)25-10-8-24(9-11-25)20(26)15-12-14-16(28-3)13-17(29-4)19(30-5)18(14)22-15/h12-13,22H,6-11H2,1-5H3. The zero-order valence-electron chi connectivity index (χ0n) is 18.3. The highest BCUT2D eigenvalue weighted by atomic mass is 16.5. The van der Waals surface area contributed by atoms with Crippen LogP contribution >= 0.6 is 0 Å². The van der Waals surface area contributed by atoms with Crippen LogP contribution in [-0.2, 0) is 0 Å². The van der Waals surface area contributed by atoms with Crippen molar-refractivity contribution in [2.75, 3.05) is 60.6 Å². The number of H-pyrrole nitrogens is 1. The van der Waals surface area contributed by atoms with E-state index in [0.717, 1.165) is 5.39 Å². The molecule has 2 heterocycles. The van der Waals surface area contributed by atoms with E-state index in [9.17, 15) is 9.59 Å². The van der Waals surface area contributed by atoms with Crippen molar-refractivity contribution in [3.05, 3.63) is 17.8 Å². The Labute approximate surface area is 176 Å². The van der Waals surface area contributed by atoms with Crippen LogP contribution in [0.3, 0.4) is 0 Å². The van der Waals surface area contributed by atoms with Gasteiger partial charge in [-0.15, -0.1) is 0 Å². The molecule has 30 heavy (non-hydrogen) atoms. The quantitative estimate of drug-likeness (QED) is 0.779. The van der Waals surface area contributed by atoms with Gasteiger partial charge in [-0.25, -0.2) is 4.79 Å². The number of piperazine rings is 1. The van der Waals surface area contributed by atoms with Crippen LogP contribution in [0, 0.1) is 0 Å². The van der Waals surface area contributed by atoms with Gasteiger partial charge < -0.3 is 33.9 Å². The maximum atomic E-state index is 13.1. The number of rotatable bonds is 6.